The van der Waals surface area contributed by atoms with Crippen molar-refractivity contribution in [1.82, 2.24) is 15.3 Å². The smallest absolute Gasteiger partial charge is 0.280 e. The molecule has 0 radical (unpaired) electrons. The predicted octanol–water partition coefficient (Wildman–Crippen LogP) is 3.25. The first kappa shape index (κ1) is 19.8. The topological polar surface area (TPSA) is 103 Å². The Labute approximate surface area is 175 Å². The number of rotatable bonds is 6. The van der Waals surface area contributed by atoms with E-state index in [4.69, 9.17) is 11.6 Å². The van der Waals surface area contributed by atoms with Gasteiger partial charge < -0.3 is 15.7 Å². The van der Waals surface area contributed by atoms with Gasteiger partial charge in [-0.2, -0.15) is 10.1 Å². The Hall–Kier alpha value is -2.49. The predicted molar refractivity (Wildman–Crippen MR) is 118 cm³/mol. The molecular formula is C19H21ClN6O2S. The van der Waals surface area contributed by atoms with Crippen LogP contribution in [0.5, 0.6) is 0 Å². The van der Waals surface area contributed by atoms with Gasteiger partial charge in [-0.1, -0.05) is 23.7 Å². The summed E-state index contributed by atoms with van der Waals surface area (Å²) in [6.45, 7) is 1.67. The standard InChI is InChI=1S/C19H21ClN6O2S/c1-12-8-21-18(23-15-5-6-15)25-17(12)26-11-29(10-22-26)19(28)24-16(9-27)13-3-2-4-14(20)7-13/h2-4,7-8,10-11,15-16,27H,5-6,9H2,1H3,(H,24,28)(H,21,23,25)/t16-,29?/m1/s1. The molecule has 10 heteroatoms. The van der Waals surface area contributed by atoms with Crippen molar-refractivity contribution in [2.45, 2.75) is 31.8 Å². The molecule has 152 valence electrons. The van der Waals surface area contributed by atoms with Gasteiger partial charge in [-0.05, 0) is 47.9 Å². The number of anilines is 2. The quantitative estimate of drug-likeness (QED) is 0.605. The number of halogens is 1. The number of nitrogens with zero attached hydrogens (tertiary/aromatic N) is 4. The van der Waals surface area contributed by atoms with Crippen molar-refractivity contribution in [3.63, 3.8) is 0 Å². The van der Waals surface area contributed by atoms with Crippen molar-refractivity contribution in [3.05, 3.63) is 46.6 Å². The third-order valence-corrected chi connectivity index (χ3v) is 6.04. The number of hydrazone groups is 1. The summed E-state index contributed by atoms with van der Waals surface area (Å²) in [6.07, 6.45) is 4.00. The third kappa shape index (κ3) is 4.75. The molecule has 1 saturated carbocycles. The van der Waals surface area contributed by atoms with Crippen LogP contribution in [0.2, 0.25) is 5.02 Å². The Kier molecular flexibility index (Phi) is 5.79. The van der Waals surface area contributed by atoms with E-state index in [1.165, 1.54) is 0 Å². The number of carbonyl (C=O) groups excluding carboxylic acids is 1. The second kappa shape index (κ2) is 8.48. The summed E-state index contributed by atoms with van der Waals surface area (Å²) in [5.41, 5.74) is 4.90. The van der Waals surface area contributed by atoms with Crippen molar-refractivity contribution >= 4 is 50.1 Å². The minimum Gasteiger partial charge on any atom is -0.394 e. The molecule has 1 aliphatic carbocycles. The fourth-order valence-electron chi connectivity index (χ4n) is 2.78. The van der Waals surface area contributed by atoms with E-state index in [2.05, 4.69) is 25.7 Å². The van der Waals surface area contributed by atoms with E-state index in [0.29, 0.717) is 22.8 Å². The number of carbonyl (C=O) groups is 1. The molecule has 1 unspecified atom stereocenters. The highest BCUT2D eigenvalue weighted by Gasteiger charge is 2.24. The number of nitrogens with one attached hydrogen (secondary N) is 2. The van der Waals surface area contributed by atoms with Crippen LogP contribution in [-0.4, -0.2) is 44.0 Å². The van der Waals surface area contributed by atoms with Crippen LogP contribution >= 0.6 is 22.1 Å². The first-order valence-corrected chi connectivity index (χ1v) is 10.9. The Balaban J connectivity index is 1.48. The monoisotopic (exact) mass is 432 g/mol. The van der Waals surface area contributed by atoms with Crippen molar-refractivity contribution in [1.29, 1.82) is 0 Å². The molecule has 2 heterocycles. The molecule has 2 atom stereocenters. The van der Waals surface area contributed by atoms with Crippen LogP contribution in [0.25, 0.3) is 0 Å². The van der Waals surface area contributed by atoms with E-state index in [0.717, 1.165) is 24.0 Å². The van der Waals surface area contributed by atoms with E-state index >= 15 is 0 Å². The molecule has 2 aliphatic rings. The SMILES string of the molecule is Cc1cnc(NC2CC2)nc1N1C=S(C(=O)N[C@H](CO)c2cccc(Cl)c2)C=N1. The van der Waals surface area contributed by atoms with Crippen molar-refractivity contribution in [2.75, 3.05) is 16.9 Å². The van der Waals surface area contributed by atoms with Gasteiger partial charge in [-0.3, -0.25) is 4.79 Å². The van der Waals surface area contributed by atoms with Gasteiger partial charge in [-0.15, -0.1) is 0 Å². The third-order valence-electron chi connectivity index (χ3n) is 4.51. The van der Waals surface area contributed by atoms with Gasteiger partial charge >= 0.3 is 0 Å². The average Bonchev–Trinajstić information content (AvgIpc) is 3.39. The van der Waals surface area contributed by atoms with Crippen molar-refractivity contribution < 1.29 is 9.90 Å². The van der Waals surface area contributed by atoms with E-state index in [1.54, 1.807) is 40.4 Å². The van der Waals surface area contributed by atoms with Crippen LogP contribution in [0, 0.1) is 6.92 Å². The Morgan fingerprint density at radius 3 is 3.00 bits per heavy atom. The molecule has 4 rings (SSSR count). The summed E-state index contributed by atoms with van der Waals surface area (Å²) in [5.74, 6) is 1.20. The van der Waals surface area contributed by atoms with Crippen LogP contribution < -0.4 is 15.6 Å². The maximum atomic E-state index is 12.7. The molecule has 2 aromatic rings. The van der Waals surface area contributed by atoms with Gasteiger partial charge in [0.05, 0.1) is 23.7 Å². The second-order valence-corrected chi connectivity index (χ2v) is 8.86. The van der Waals surface area contributed by atoms with Crippen LogP contribution in [0.15, 0.2) is 35.6 Å². The van der Waals surface area contributed by atoms with Gasteiger partial charge in [0.1, 0.15) is 0 Å². The zero-order valence-electron chi connectivity index (χ0n) is 15.7. The van der Waals surface area contributed by atoms with Crippen molar-refractivity contribution in [3.8, 4) is 0 Å². The lowest BCUT2D eigenvalue weighted by atomic mass is 10.1. The summed E-state index contributed by atoms with van der Waals surface area (Å²) in [5, 5.41) is 22.1. The molecule has 1 aromatic carbocycles. The molecule has 0 bridgehead atoms. The number of hydrogen-bond donors (Lipinski definition) is 3. The number of amides is 1. The number of aromatic nitrogens is 2. The molecule has 1 fully saturated rings. The fourth-order valence-corrected chi connectivity index (χ4v) is 4.07. The largest absolute Gasteiger partial charge is 0.394 e. The highest BCUT2D eigenvalue weighted by atomic mass is 35.5. The van der Waals surface area contributed by atoms with Crippen LogP contribution in [0.1, 0.15) is 30.0 Å². The zero-order chi connectivity index (χ0) is 20.4. The molecule has 29 heavy (non-hydrogen) atoms. The Morgan fingerprint density at radius 2 is 2.28 bits per heavy atom. The van der Waals surface area contributed by atoms with E-state index < -0.39 is 16.5 Å². The van der Waals surface area contributed by atoms with Gasteiger partial charge in [0.15, 0.2) is 5.82 Å². The molecule has 3 N–H and O–H groups in total. The molecule has 1 aromatic heterocycles. The maximum Gasteiger partial charge on any atom is 0.280 e. The highest BCUT2D eigenvalue weighted by molar-refractivity contribution is 8.38. The van der Waals surface area contributed by atoms with Crippen molar-refractivity contribution in [2.24, 2.45) is 5.10 Å². The lowest BCUT2D eigenvalue weighted by Crippen LogP contribution is -2.28. The normalized spacial score (nSPS) is 19.0. The van der Waals surface area contributed by atoms with Gasteiger partial charge in [0.25, 0.3) is 5.24 Å². The Morgan fingerprint density at radius 1 is 1.45 bits per heavy atom. The fraction of sp³-hybridized carbons (Fsp3) is 0.316. The van der Waals surface area contributed by atoms with E-state index in [9.17, 15) is 9.90 Å². The number of aliphatic hydroxyl groups is 1. The molecular weight excluding hydrogens is 412 g/mol. The average molecular weight is 433 g/mol. The lowest BCUT2D eigenvalue weighted by molar-refractivity contribution is 0.231. The van der Waals surface area contributed by atoms with Gasteiger partial charge in [0.2, 0.25) is 5.95 Å². The molecule has 1 aliphatic heterocycles. The van der Waals surface area contributed by atoms with Gasteiger partial charge in [0, 0.05) is 22.8 Å². The molecule has 8 nitrogen and oxygen atoms in total. The minimum absolute atomic E-state index is 0.231. The van der Waals surface area contributed by atoms with Gasteiger partial charge in [-0.25, -0.2) is 9.99 Å². The summed E-state index contributed by atoms with van der Waals surface area (Å²) in [7, 11) is -0.883. The summed E-state index contributed by atoms with van der Waals surface area (Å²) < 4.78 is 0. The Bertz CT molecular complexity index is 994. The number of hydrogen-bond acceptors (Lipinski definition) is 7. The number of aliphatic hydroxyl groups excluding tert-OH is 1. The maximum absolute atomic E-state index is 12.7. The number of benzene rings is 1. The van der Waals surface area contributed by atoms with Crippen LogP contribution in [0.4, 0.5) is 16.6 Å². The van der Waals surface area contributed by atoms with Crippen LogP contribution in [-0.2, 0) is 0 Å². The van der Waals surface area contributed by atoms with E-state index in [-0.39, 0.29) is 11.8 Å². The zero-order valence-corrected chi connectivity index (χ0v) is 17.3. The first-order valence-electron chi connectivity index (χ1n) is 9.20. The van der Waals surface area contributed by atoms with Crippen LogP contribution in [0.3, 0.4) is 0 Å². The lowest BCUT2D eigenvalue weighted by Gasteiger charge is -2.17. The molecule has 0 saturated heterocycles. The first-order chi connectivity index (χ1) is 14.0. The van der Waals surface area contributed by atoms with E-state index in [1.807, 2.05) is 13.0 Å². The molecule has 1 amide bonds. The number of aryl methyl sites for hydroxylation is 1. The summed E-state index contributed by atoms with van der Waals surface area (Å²) in [6, 6.07) is 6.97. The minimum atomic E-state index is -0.883. The molecule has 0 spiro atoms. The highest BCUT2D eigenvalue weighted by Crippen LogP contribution is 2.28. The summed E-state index contributed by atoms with van der Waals surface area (Å²) >= 11 is 6.02. The second-order valence-electron chi connectivity index (χ2n) is 6.88. The summed E-state index contributed by atoms with van der Waals surface area (Å²) in [4.78, 5) is 21.6.